The van der Waals surface area contributed by atoms with Crippen molar-refractivity contribution in [3.8, 4) is 0 Å². The fourth-order valence-corrected chi connectivity index (χ4v) is 2.28. The molecular formula is C12H16N2O4S. The van der Waals surface area contributed by atoms with Crippen LogP contribution in [0.2, 0.25) is 0 Å². The van der Waals surface area contributed by atoms with Crippen LogP contribution in [0.4, 0.5) is 11.4 Å². The van der Waals surface area contributed by atoms with Gasteiger partial charge in [-0.2, -0.15) is 0 Å². The summed E-state index contributed by atoms with van der Waals surface area (Å²) in [7, 11) is 1.35. The van der Waals surface area contributed by atoms with Gasteiger partial charge in [0.05, 0.1) is 17.8 Å². The molecule has 6 nitrogen and oxygen atoms in total. The molecule has 0 bridgehead atoms. The number of methoxy groups -OCH3 is 1. The first-order chi connectivity index (χ1) is 9.08. The summed E-state index contributed by atoms with van der Waals surface area (Å²) in [4.78, 5) is 21.4. The molecule has 0 amide bonds. The predicted molar refractivity (Wildman–Crippen MR) is 75.4 cm³/mol. The Morgan fingerprint density at radius 2 is 2.26 bits per heavy atom. The molecule has 0 aliphatic rings. The van der Waals surface area contributed by atoms with Crippen LogP contribution in [-0.2, 0) is 15.3 Å². The Morgan fingerprint density at radius 3 is 2.84 bits per heavy atom. The Balaban J connectivity index is 2.72. The standard InChI is InChI=1S/C12H16N2O4S/c1-3-13-10-6-9(4-5-11(10)14(16)17)7-19-8-12(15)18-2/h4-6,13H,3,7-8H2,1-2H3. The fraction of sp³-hybridized carbons (Fsp3) is 0.417. The second kappa shape index (κ2) is 7.63. The van der Waals surface area contributed by atoms with E-state index in [1.54, 1.807) is 12.1 Å². The number of rotatable bonds is 7. The number of ether oxygens (including phenoxy) is 1. The van der Waals surface area contributed by atoms with Gasteiger partial charge < -0.3 is 10.1 Å². The second-order valence-electron chi connectivity index (χ2n) is 3.71. The summed E-state index contributed by atoms with van der Waals surface area (Å²) < 4.78 is 4.54. The number of anilines is 1. The fourth-order valence-electron chi connectivity index (χ4n) is 1.48. The van der Waals surface area contributed by atoms with Crippen LogP contribution < -0.4 is 5.32 Å². The average molecular weight is 284 g/mol. The van der Waals surface area contributed by atoms with Gasteiger partial charge >= 0.3 is 5.97 Å². The van der Waals surface area contributed by atoms with Crippen molar-refractivity contribution < 1.29 is 14.5 Å². The zero-order valence-corrected chi connectivity index (χ0v) is 11.7. The Morgan fingerprint density at radius 1 is 1.53 bits per heavy atom. The maximum absolute atomic E-state index is 11.0. The minimum atomic E-state index is -0.413. The predicted octanol–water partition coefficient (Wildman–Crippen LogP) is 2.43. The molecule has 1 N–H and O–H groups in total. The van der Waals surface area contributed by atoms with Crippen molar-refractivity contribution in [1.29, 1.82) is 0 Å². The second-order valence-corrected chi connectivity index (χ2v) is 4.69. The van der Waals surface area contributed by atoms with Crippen LogP contribution >= 0.6 is 11.8 Å². The summed E-state index contributed by atoms with van der Waals surface area (Å²) >= 11 is 1.41. The third kappa shape index (κ3) is 4.78. The Kier molecular flexibility index (Phi) is 6.14. The van der Waals surface area contributed by atoms with Gasteiger partial charge in [-0.1, -0.05) is 6.07 Å². The maximum Gasteiger partial charge on any atom is 0.315 e. The SMILES string of the molecule is CCNc1cc(CSCC(=O)OC)ccc1[N+](=O)[O-]. The largest absolute Gasteiger partial charge is 0.468 e. The minimum absolute atomic E-state index is 0.0589. The lowest BCUT2D eigenvalue weighted by Crippen LogP contribution is -2.04. The van der Waals surface area contributed by atoms with Gasteiger partial charge in [0.2, 0.25) is 0 Å². The molecule has 0 aliphatic heterocycles. The number of benzene rings is 1. The van der Waals surface area contributed by atoms with Crippen molar-refractivity contribution in [2.45, 2.75) is 12.7 Å². The van der Waals surface area contributed by atoms with Gasteiger partial charge in [-0.3, -0.25) is 14.9 Å². The van der Waals surface area contributed by atoms with E-state index in [2.05, 4.69) is 10.1 Å². The lowest BCUT2D eigenvalue weighted by atomic mass is 10.2. The summed E-state index contributed by atoms with van der Waals surface area (Å²) in [5.74, 6) is 0.592. The summed E-state index contributed by atoms with van der Waals surface area (Å²) in [6.07, 6.45) is 0. The number of nitrogens with one attached hydrogen (secondary N) is 1. The number of hydrogen-bond acceptors (Lipinski definition) is 6. The van der Waals surface area contributed by atoms with Crippen LogP contribution in [-0.4, -0.2) is 30.3 Å². The molecule has 0 spiro atoms. The molecule has 0 saturated carbocycles. The molecule has 0 atom stereocenters. The van der Waals surface area contributed by atoms with E-state index < -0.39 is 4.92 Å². The first-order valence-corrected chi connectivity index (χ1v) is 6.89. The Bertz CT molecular complexity index is 465. The first-order valence-electron chi connectivity index (χ1n) is 5.74. The van der Waals surface area contributed by atoms with E-state index in [0.29, 0.717) is 18.0 Å². The number of nitrogens with zero attached hydrogens (tertiary/aromatic N) is 1. The van der Waals surface area contributed by atoms with Crippen LogP contribution in [0, 0.1) is 10.1 Å². The van der Waals surface area contributed by atoms with Crippen molar-refractivity contribution in [2.24, 2.45) is 0 Å². The Labute approximate surface area is 115 Å². The number of thioether (sulfide) groups is 1. The van der Waals surface area contributed by atoms with E-state index in [4.69, 9.17) is 0 Å². The van der Waals surface area contributed by atoms with Gasteiger partial charge in [0.1, 0.15) is 5.69 Å². The topological polar surface area (TPSA) is 81.5 Å². The molecule has 1 aromatic carbocycles. The molecule has 7 heteroatoms. The normalized spacial score (nSPS) is 10.0. The molecule has 19 heavy (non-hydrogen) atoms. The molecule has 104 valence electrons. The Hall–Kier alpha value is -1.76. The van der Waals surface area contributed by atoms with E-state index in [9.17, 15) is 14.9 Å². The molecule has 1 aromatic rings. The van der Waals surface area contributed by atoms with Crippen LogP contribution in [0.15, 0.2) is 18.2 Å². The third-order valence-corrected chi connectivity index (χ3v) is 3.32. The first kappa shape index (κ1) is 15.3. The molecule has 0 radical (unpaired) electrons. The van der Waals surface area contributed by atoms with Crippen LogP contribution in [0.5, 0.6) is 0 Å². The number of nitro benzene ring substituents is 1. The number of carbonyl (C=O) groups is 1. The van der Waals surface area contributed by atoms with E-state index in [1.165, 1.54) is 24.9 Å². The maximum atomic E-state index is 11.0. The molecule has 0 fully saturated rings. The van der Waals surface area contributed by atoms with Gasteiger partial charge in [0.25, 0.3) is 5.69 Å². The summed E-state index contributed by atoms with van der Waals surface area (Å²) in [5, 5.41) is 13.8. The number of esters is 1. The molecular weight excluding hydrogens is 268 g/mol. The summed E-state index contributed by atoms with van der Waals surface area (Å²) in [5.41, 5.74) is 1.49. The van der Waals surface area contributed by atoms with Crippen molar-refractivity contribution in [2.75, 3.05) is 24.7 Å². The minimum Gasteiger partial charge on any atom is -0.468 e. The van der Waals surface area contributed by atoms with E-state index in [0.717, 1.165) is 5.56 Å². The van der Waals surface area contributed by atoms with Gasteiger partial charge in [0, 0.05) is 18.4 Å². The van der Waals surface area contributed by atoms with Gasteiger partial charge in [-0.05, 0) is 18.6 Å². The van der Waals surface area contributed by atoms with E-state index in [-0.39, 0.29) is 17.4 Å². The highest BCUT2D eigenvalue weighted by molar-refractivity contribution is 7.99. The zero-order valence-electron chi connectivity index (χ0n) is 10.8. The highest BCUT2D eigenvalue weighted by atomic mass is 32.2. The zero-order chi connectivity index (χ0) is 14.3. The van der Waals surface area contributed by atoms with E-state index >= 15 is 0 Å². The number of carbonyl (C=O) groups excluding carboxylic acids is 1. The van der Waals surface area contributed by atoms with Crippen molar-refractivity contribution in [1.82, 2.24) is 0 Å². The average Bonchev–Trinajstić information content (AvgIpc) is 2.38. The van der Waals surface area contributed by atoms with Gasteiger partial charge in [-0.25, -0.2) is 0 Å². The van der Waals surface area contributed by atoms with Gasteiger partial charge in [-0.15, -0.1) is 11.8 Å². The molecule has 0 aliphatic carbocycles. The third-order valence-electron chi connectivity index (χ3n) is 2.34. The highest BCUT2D eigenvalue weighted by Gasteiger charge is 2.13. The van der Waals surface area contributed by atoms with Crippen molar-refractivity contribution in [3.05, 3.63) is 33.9 Å². The summed E-state index contributed by atoms with van der Waals surface area (Å²) in [6, 6.07) is 4.92. The lowest BCUT2D eigenvalue weighted by molar-refractivity contribution is -0.384. The van der Waals surface area contributed by atoms with Gasteiger partial charge in [0.15, 0.2) is 0 Å². The summed E-state index contributed by atoms with van der Waals surface area (Å²) in [6.45, 7) is 2.49. The van der Waals surface area contributed by atoms with Crippen LogP contribution in [0.1, 0.15) is 12.5 Å². The number of hydrogen-bond donors (Lipinski definition) is 1. The van der Waals surface area contributed by atoms with Crippen molar-refractivity contribution in [3.63, 3.8) is 0 Å². The molecule has 0 unspecified atom stereocenters. The highest BCUT2D eigenvalue weighted by Crippen LogP contribution is 2.27. The monoisotopic (exact) mass is 284 g/mol. The van der Waals surface area contributed by atoms with Crippen LogP contribution in [0.25, 0.3) is 0 Å². The molecule has 1 rings (SSSR count). The lowest BCUT2D eigenvalue weighted by Gasteiger charge is -2.07. The molecule has 0 saturated heterocycles. The van der Waals surface area contributed by atoms with Crippen LogP contribution in [0.3, 0.4) is 0 Å². The number of nitro groups is 1. The molecule has 0 aromatic heterocycles. The molecule has 0 heterocycles. The quantitative estimate of drug-likeness (QED) is 0.470. The van der Waals surface area contributed by atoms with E-state index in [1.807, 2.05) is 6.92 Å². The smallest absolute Gasteiger partial charge is 0.315 e. The van der Waals surface area contributed by atoms with Crippen molar-refractivity contribution >= 4 is 29.1 Å².